The SMILES string of the molecule is O=C1C(=O)c2ccccc2C(O)=C1C1CC=C(c2ccc(Cl)cc2)CC1. The van der Waals surface area contributed by atoms with E-state index in [4.69, 9.17) is 11.6 Å². The number of benzene rings is 2. The number of allylic oxidation sites excluding steroid dienone is 3. The fourth-order valence-corrected chi connectivity index (χ4v) is 3.91. The molecular formula is C22H17ClO3. The number of aliphatic hydroxyl groups excluding tert-OH is 1. The van der Waals surface area contributed by atoms with Gasteiger partial charge in [-0.2, -0.15) is 0 Å². The number of carbonyl (C=O) groups is 2. The van der Waals surface area contributed by atoms with E-state index >= 15 is 0 Å². The Bertz CT molecular complexity index is 967. The average molecular weight is 365 g/mol. The minimum Gasteiger partial charge on any atom is -0.507 e. The smallest absolute Gasteiger partial charge is 0.234 e. The first-order valence-electron chi connectivity index (χ1n) is 8.63. The van der Waals surface area contributed by atoms with Crippen molar-refractivity contribution >= 4 is 34.5 Å². The molecule has 2 aromatic carbocycles. The Hall–Kier alpha value is -2.65. The van der Waals surface area contributed by atoms with Gasteiger partial charge in [-0.05, 0) is 48.4 Å². The monoisotopic (exact) mass is 364 g/mol. The summed E-state index contributed by atoms with van der Waals surface area (Å²) in [6.07, 6.45) is 4.22. The number of ketones is 2. The maximum atomic E-state index is 12.6. The van der Waals surface area contributed by atoms with Gasteiger partial charge in [-0.1, -0.05) is 54.1 Å². The zero-order valence-corrected chi connectivity index (χ0v) is 14.8. The normalized spacial score (nSPS) is 20.0. The van der Waals surface area contributed by atoms with Crippen molar-refractivity contribution in [2.24, 2.45) is 5.92 Å². The fourth-order valence-electron chi connectivity index (χ4n) is 3.79. The second kappa shape index (κ2) is 6.58. The fraction of sp³-hybridized carbons (Fsp3) is 0.182. The van der Waals surface area contributed by atoms with Crippen LogP contribution in [0.15, 0.2) is 60.2 Å². The van der Waals surface area contributed by atoms with Gasteiger partial charge in [0.05, 0.1) is 0 Å². The van der Waals surface area contributed by atoms with Crippen molar-refractivity contribution in [2.75, 3.05) is 0 Å². The van der Waals surface area contributed by atoms with Crippen LogP contribution in [0.1, 0.15) is 40.7 Å². The molecule has 0 bridgehead atoms. The molecule has 2 aromatic rings. The zero-order valence-electron chi connectivity index (χ0n) is 14.0. The van der Waals surface area contributed by atoms with Crippen molar-refractivity contribution in [3.63, 3.8) is 0 Å². The molecule has 1 atom stereocenters. The molecule has 1 N–H and O–H groups in total. The number of halogens is 1. The summed E-state index contributed by atoms with van der Waals surface area (Å²) in [5.74, 6) is -1.29. The summed E-state index contributed by atoms with van der Waals surface area (Å²) in [4.78, 5) is 25.0. The Morgan fingerprint density at radius 2 is 1.62 bits per heavy atom. The van der Waals surface area contributed by atoms with Crippen molar-refractivity contribution < 1.29 is 14.7 Å². The van der Waals surface area contributed by atoms with E-state index in [2.05, 4.69) is 6.08 Å². The highest BCUT2D eigenvalue weighted by atomic mass is 35.5. The predicted octanol–water partition coefficient (Wildman–Crippen LogP) is 5.26. The van der Waals surface area contributed by atoms with Gasteiger partial charge in [0.1, 0.15) is 5.76 Å². The van der Waals surface area contributed by atoms with E-state index in [9.17, 15) is 14.7 Å². The van der Waals surface area contributed by atoms with E-state index in [-0.39, 0.29) is 22.8 Å². The molecule has 0 amide bonds. The van der Waals surface area contributed by atoms with Crippen LogP contribution in [0.25, 0.3) is 11.3 Å². The van der Waals surface area contributed by atoms with Gasteiger partial charge in [-0.25, -0.2) is 0 Å². The maximum Gasteiger partial charge on any atom is 0.234 e. The third-order valence-electron chi connectivity index (χ3n) is 5.17. The quantitative estimate of drug-likeness (QED) is 0.739. The van der Waals surface area contributed by atoms with E-state index in [1.54, 1.807) is 24.3 Å². The van der Waals surface area contributed by atoms with E-state index in [0.29, 0.717) is 17.0 Å². The first-order chi connectivity index (χ1) is 12.6. The van der Waals surface area contributed by atoms with Gasteiger partial charge >= 0.3 is 0 Å². The highest BCUT2D eigenvalue weighted by Crippen LogP contribution is 2.39. The van der Waals surface area contributed by atoms with Gasteiger partial charge in [0.2, 0.25) is 11.6 Å². The van der Waals surface area contributed by atoms with Crippen molar-refractivity contribution in [3.05, 3.63) is 81.9 Å². The minimum absolute atomic E-state index is 0.0430. The Kier molecular flexibility index (Phi) is 4.25. The molecule has 130 valence electrons. The van der Waals surface area contributed by atoms with Crippen LogP contribution in [0, 0.1) is 5.92 Å². The summed E-state index contributed by atoms with van der Waals surface area (Å²) in [7, 11) is 0. The Morgan fingerprint density at radius 3 is 2.27 bits per heavy atom. The van der Waals surface area contributed by atoms with Crippen LogP contribution in [0.5, 0.6) is 0 Å². The summed E-state index contributed by atoms with van der Waals surface area (Å²) >= 11 is 5.94. The Morgan fingerprint density at radius 1 is 0.923 bits per heavy atom. The van der Waals surface area contributed by atoms with Gasteiger partial charge in [0.15, 0.2) is 0 Å². The number of aliphatic hydroxyl groups is 1. The molecule has 0 aromatic heterocycles. The first-order valence-corrected chi connectivity index (χ1v) is 9.00. The van der Waals surface area contributed by atoms with Gasteiger partial charge in [0.25, 0.3) is 0 Å². The Labute approximate surface area is 156 Å². The summed E-state index contributed by atoms with van der Waals surface area (Å²) in [5.41, 5.74) is 3.32. The topological polar surface area (TPSA) is 54.4 Å². The van der Waals surface area contributed by atoms with E-state index in [0.717, 1.165) is 18.4 Å². The Balaban J connectivity index is 1.66. The molecule has 26 heavy (non-hydrogen) atoms. The largest absolute Gasteiger partial charge is 0.507 e. The lowest BCUT2D eigenvalue weighted by Gasteiger charge is -2.27. The van der Waals surface area contributed by atoms with Crippen molar-refractivity contribution in [3.8, 4) is 0 Å². The number of hydrogen-bond donors (Lipinski definition) is 1. The first kappa shape index (κ1) is 16.8. The van der Waals surface area contributed by atoms with E-state index in [1.807, 2.05) is 24.3 Å². The number of fused-ring (bicyclic) bond motifs is 1. The van der Waals surface area contributed by atoms with Crippen LogP contribution < -0.4 is 0 Å². The number of rotatable bonds is 2. The molecule has 2 aliphatic rings. The molecule has 1 unspecified atom stereocenters. The second-order valence-corrected chi connectivity index (χ2v) is 7.11. The molecule has 0 saturated carbocycles. The number of carbonyl (C=O) groups excluding carboxylic acids is 2. The zero-order chi connectivity index (χ0) is 18.3. The summed E-state index contributed by atoms with van der Waals surface area (Å²) in [6.45, 7) is 0. The molecule has 0 radical (unpaired) electrons. The maximum absolute atomic E-state index is 12.6. The van der Waals surface area contributed by atoms with Crippen LogP contribution in [0.3, 0.4) is 0 Å². The molecule has 4 rings (SSSR count). The van der Waals surface area contributed by atoms with E-state index < -0.39 is 11.6 Å². The molecule has 0 aliphatic heterocycles. The molecule has 2 aliphatic carbocycles. The molecule has 3 nitrogen and oxygen atoms in total. The highest BCUT2D eigenvalue weighted by Gasteiger charge is 2.37. The van der Waals surface area contributed by atoms with Crippen molar-refractivity contribution in [1.82, 2.24) is 0 Å². The number of Topliss-reactive ketones (excluding diaryl/α,β-unsaturated/α-hetero) is 2. The minimum atomic E-state index is -0.574. The van der Waals surface area contributed by atoms with Gasteiger partial charge in [0, 0.05) is 21.7 Å². The second-order valence-electron chi connectivity index (χ2n) is 6.67. The summed E-state index contributed by atoms with van der Waals surface area (Å²) in [5, 5.41) is 11.3. The van der Waals surface area contributed by atoms with Crippen LogP contribution in [0.4, 0.5) is 0 Å². The lowest BCUT2D eigenvalue weighted by Crippen LogP contribution is -2.28. The highest BCUT2D eigenvalue weighted by molar-refractivity contribution is 6.52. The third-order valence-corrected chi connectivity index (χ3v) is 5.42. The van der Waals surface area contributed by atoms with Gasteiger partial charge < -0.3 is 5.11 Å². The van der Waals surface area contributed by atoms with Gasteiger partial charge in [-0.3, -0.25) is 9.59 Å². The summed E-state index contributed by atoms with van der Waals surface area (Å²) < 4.78 is 0. The van der Waals surface area contributed by atoms with Crippen LogP contribution >= 0.6 is 11.6 Å². The molecular weight excluding hydrogens is 348 g/mol. The van der Waals surface area contributed by atoms with Crippen LogP contribution in [0.2, 0.25) is 5.02 Å². The van der Waals surface area contributed by atoms with Crippen molar-refractivity contribution in [1.29, 1.82) is 0 Å². The van der Waals surface area contributed by atoms with Crippen molar-refractivity contribution in [2.45, 2.75) is 19.3 Å². The standard InChI is InChI=1S/C22H17ClO3/c23-16-11-9-14(10-12-16)13-5-7-15(8-6-13)19-20(24)17-3-1-2-4-18(17)21(25)22(19)26/h1-5,9-12,15,24H,6-8H2. The predicted molar refractivity (Wildman–Crippen MR) is 102 cm³/mol. The average Bonchev–Trinajstić information content (AvgIpc) is 2.68. The van der Waals surface area contributed by atoms with E-state index in [1.165, 1.54) is 5.57 Å². The van der Waals surface area contributed by atoms with Crippen LogP contribution in [-0.2, 0) is 4.79 Å². The summed E-state index contributed by atoms with van der Waals surface area (Å²) in [6, 6.07) is 14.4. The molecule has 0 saturated heterocycles. The molecule has 0 fully saturated rings. The third kappa shape index (κ3) is 2.78. The molecule has 4 heteroatoms. The van der Waals surface area contributed by atoms with Crippen LogP contribution in [-0.4, -0.2) is 16.7 Å². The lowest BCUT2D eigenvalue weighted by molar-refractivity contribution is -0.112. The van der Waals surface area contributed by atoms with Gasteiger partial charge in [-0.15, -0.1) is 0 Å². The molecule has 0 spiro atoms. The number of hydrogen-bond acceptors (Lipinski definition) is 3. The lowest BCUT2D eigenvalue weighted by atomic mass is 9.76. The molecule has 0 heterocycles.